The number of likely N-dealkylation sites (tertiary alicyclic amines) is 1. The molecule has 0 bridgehead atoms. The minimum absolute atomic E-state index is 0.176. The molecule has 1 atom stereocenters. The Morgan fingerprint density at radius 2 is 1.79 bits per heavy atom. The Bertz CT molecular complexity index is 796. The highest BCUT2D eigenvalue weighted by Gasteiger charge is 2.19. The largest absolute Gasteiger partial charge is 0.490 e. The van der Waals surface area contributed by atoms with Crippen molar-refractivity contribution in [3.05, 3.63) is 53.6 Å². The van der Waals surface area contributed by atoms with Crippen LogP contribution in [-0.2, 0) is 4.79 Å². The van der Waals surface area contributed by atoms with E-state index >= 15 is 0 Å². The number of hydrogen-bond acceptors (Lipinski definition) is 4. The van der Waals surface area contributed by atoms with E-state index in [-0.39, 0.29) is 12.0 Å². The van der Waals surface area contributed by atoms with Gasteiger partial charge >= 0.3 is 0 Å². The second kappa shape index (κ2) is 9.11. The monoisotopic (exact) mass is 382 g/mol. The van der Waals surface area contributed by atoms with E-state index in [0.29, 0.717) is 0 Å². The molecule has 1 amide bonds. The third kappa shape index (κ3) is 5.26. The first-order valence-electron chi connectivity index (χ1n) is 9.91. The first-order chi connectivity index (χ1) is 13.4. The molecular formula is C23H30N2O3. The quantitative estimate of drug-likeness (QED) is 0.814. The standard InChI is InChI=1S/C23H30N2O3/c1-16-6-5-7-22(17(16)2)27-18(3)23(26)24-19-8-10-20(11-9-19)28-21-12-14-25(4)15-13-21/h5-11,18,21H,12-15H2,1-4H3,(H,24,26). The maximum absolute atomic E-state index is 12.5. The summed E-state index contributed by atoms with van der Waals surface area (Å²) in [6.45, 7) is 7.92. The number of nitrogens with one attached hydrogen (secondary N) is 1. The second-order valence-electron chi connectivity index (χ2n) is 7.59. The molecule has 1 heterocycles. The molecule has 0 aromatic heterocycles. The number of anilines is 1. The van der Waals surface area contributed by atoms with Gasteiger partial charge in [0.1, 0.15) is 17.6 Å². The molecule has 0 saturated carbocycles. The Balaban J connectivity index is 1.53. The number of nitrogens with zero attached hydrogens (tertiary/aromatic N) is 1. The van der Waals surface area contributed by atoms with Crippen molar-refractivity contribution < 1.29 is 14.3 Å². The molecule has 1 aliphatic rings. The highest BCUT2D eigenvalue weighted by atomic mass is 16.5. The fourth-order valence-electron chi connectivity index (χ4n) is 3.25. The van der Waals surface area contributed by atoms with Gasteiger partial charge in [-0.25, -0.2) is 0 Å². The highest BCUT2D eigenvalue weighted by Crippen LogP contribution is 2.23. The first kappa shape index (κ1) is 20.2. The number of piperidine rings is 1. The van der Waals surface area contributed by atoms with E-state index in [0.717, 1.165) is 54.2 Å². The number of hydrogen-bond donors (Lipinski definition) is 1. The summed E-state index contributed by atoms with van der Waals surface area (Å²) in [5, 5.41) is 2.91. The first-order valence-corrected chi connectivity index (χ1v) is 9.91. The summed E-state index contributed by atoms with van der Waals surface area (Å²) in [4.78, 5) is 14.8. The molecule has 28 heavy (non-hydrogen) atoms. The number of benzene rings is 2. The van der Waals surface area contributed by atoms with Crippen molar-refractivity contribution in [2.24, 2.45) is 0 Å². The molecular weight excluding hydrogens is 352 g/mol. The van der Waals surface area contributed by atoms with Crippen LogP contribution in [-0.4, -0.2) is 43.2 Å². The van der Waals surface area contributed by atoms with Gasteiger partial charge in [0.05, 0.1) is 0 Å². The van der Waals surface area contributed by atoms with Gasteiger partial charge in [-0.05, 0) is 82.1 Å². The number of carbonyl (C=O) groups is 1. The fraction of sp³-hybridized carbons (Fsp3) is 0.435. The predicted octanol–water partition coefficient (Wildman–Crippen LogP) is 4.18. The summed E-state index contributed by atoms with van der Waals surface area (Å²) in [5.41, 5.74) is 2.93. The van der Waals surface area contributed by atoms with Crippen LogP contribution in [0.4, 0.5) is 5.69 Å². The lowest BCUT2D eigenvalue weighted by Gasteiger charge is -2.29. The maximum Gasteiger partial charge on any atom is 0.265 e. The van der Waals surface area contributed by atoms with E-state index in [1.807, 2.05) is 56.3 Å². The molecule has 2 aromatic carbocycles. The Hall–Kier alpha value is -2.53. The number of ether oxygens (including phenoxy) is 2. The SMILES string of the molecule is Cc1cccc(OC(C)C(=O)Nc2ccc(OC3CCN(C)CC3)cc2)c1C. The lowest BCUT2D eigenvalue weighted by molar-refractivity contribution is -0.122. The second-order valence-corrected chi connectivity index (χ2v) is 7.59. The van der Waals surface area contributed by atoms with Crippen LogP contribution in [0.2, 0.25) is 0 Å². The van der Waals surface area contributed by atoms with Crippen LogP contribution >= 0.6 is 0 Å². The van der Waals surface area contributed by atoms with Crippen molar-refractivity contribution in [3.63, 3.8) is 0 Å². The fourth-order valence-corrected chi connectivity index (χ4v) is 3.25. The Morgan fingerprint density at radius 1 is 1.11 bits per heavy atom. The van der Waals surface area contributed by atoms with Crippen LogP contribution in [0.15, 0.2) is 42.5 Å². The van der Waals surface area contributed by atoms with E-state index in [1.54, 1.807) is 6.92 Å². The molecule has 5 nitrogen and oxygen atoms in total. The van der Waals surface area contributed by atoms with Crippen molar-refractivity contribution in [3.8, 4) is 11.5 Å². The molecule has 0 aliphatic carbocycles. The number of amides is 1. The molecule has 0 spiro atoms. The summed E-state index contributed by atoms with van der Waals surface area (Å²) in [6, 6.07) is 13.4. The van der Waals surface area contributed by atoms with E-state index in [2.05, 4.69) is 17.3 Å². The summed E-state index contributed by atoms with van der Waals surface area (Å²) < 4.78 is 11.9. The topological polar surface area (TPSA) is 50.8 Å². The summed E-state index contributed by atoms with van der Waals surface area (Å²) in [6.07, 6.45) is 1.77. The molecule has 150 valence electrons. The highest BCUT2D eigenvalue weighted by molar-refractivity contribution is 5.94. The molecule has 1 N–H and O–H groups in total. The average molecular weight is 383 g/mol. The molecule has 1 unspecified atom stereocenters. The van der Waals surface area contributed by atoms with Gasteiger partial charge in [0.2, 0.25) is 0 Å². The Kier molecular flexibility index (Phi) is 6.57. The third-order valence-electron chi connectivity index (χ3n) is 5.32. The smallest absolute Gasteiger partial charge is 0.265 e. The lowest BCUT2D eigenvalue weighted by atomic mass is 10.1. The minimum Gasteiger partial charge on any atom is -0.490 e. The number of aryl methyl sites for hydroxylation is 1. The van der Waals surface area contributed by atoms with Crippen molar-refractivity contribution in [1.82, 2.24) is 4.90 Å². The lowest BCUT2D eigenvalue weighted by Crippen LogP contribution is -2.35. The zero-order valence-corrected chi connectivity index (χ0v) is 17.2. The average Bonchev–Trinajstić information content (AvgIpc) is 2.68. The van der Waals surface area contributed by atoms with Gasteiger partial charge in [-0.1, -0.05) is 12.1 Å². The van der Waals surface area contributed by atoms with Crippen LogP contribution in [0.25, 0.3) is 0 Å². The zero-order valence-electron chi connectivity index (χ0n) is 17.2. The van der Waals surface area contributed by atoms with E-state index in [4.69, 9.17) is 9.47 Å². The van der Waals surface area contributed by atoms with Crippen LogP contribution < -0.4 is 14.8 Å². The van der Waals surface area contributed by atoms with Gasteiger partial charge in [-0.2, -0.15) is 0 Å². The Labute approximate surface area is 167 Å². The zero-order chi connectivity index (χ0) is 20.1. The number of carbonyl (C=O) groups excluding carboxylic acids is 1. The van der Waals surface area contributed by atoms with Gasteiger partial charge in [0.25, 0.3) is 5.91 Å². The molecule has 1 fully saturated rings. The molecule has 2 aromatic rings. The van der Waals surface area contributed by atoms with Crippen molar-refractivity contribution in [1.29, 1.82) is 0 Å². The summed E-state index contributed by atoms with van der Waals surface area (Å²) in [7, 11) is 2.14. The summed E-state index contributed by atoms with van der Waals surface area (Å²) >= 11 is 0. The van der Waals surface area contributed by atoms with Crippen molar-refractivity contribution in [2.75, 3.05) is 25.5 Å². The van der Waals surface area contributed by atoms with E-state index in [9.17, 15) is 4.79 Å². The normalized spacial score (nSPS) is 16.4. The molecule has 1 saturated heterocycles. The molecule has 1 aliphatic heterocycles. The molecule has 0 radical (unpaired) electrons. The third-order valence-corrected chi connectivity index (χ3v) is 5.32. The van der Waals surface area contributed by atoms with Gasteiger partial charge in [0.15, 0.2) is 6.10 Å². The van der Waals surface area contributed by atoms with E-state index in [1.165, 1.54) is 0 Å². The van der Waals surface area contributed by atoms with Crippen LogP contribution in [0.5, 0.6) is 11.5 Å². The van der Waals surface area contributed by atoms with Crippen molar-refractivity contribution >= 4 is 11.6 Å². The van der Waals surface area contributed by atoms with Crippen molar-refractivity contribution in [2.45, 2.75) is 45.8 Å². The Morgan fingerprint density at radius 3 is 2.46 bits per heavy atom. The van der Waals surface area contributed by atoms with Gasteiger partial charge < -0.3 is 19.7 Å². The summed E-state index contributed by atoms with van der Waals surface area (Å²) in [5.74, 6) is 1.40. The van der Waals surface area contributed by atoms with Crippen LogP contribution in [0.3, 0.4) is 0 Å². The van der Waals surface area contributed by atoms with Gasteiger partial charge in [0, 0.05) is 18.8 Å². The molecule has 5 heteroatoms. The predicted molar refractivity (Wildman–Crippen MR) is 112 cm³/mol. The maximum atomic E-state index is 12.5. The van der Waals surface area contributed by atoms with E-state index < -0.39 is 6.10 Å². The minimum atomic E-state index is -0.587. The molecule has 3 rings (SSSR count). The van der Waals surface area contributed by atoms with Crippen LogP contribution in [0.1, 0.15) is 30.9 Å². The van der Waals surface area contributed by atoms with Crippen LogP contribution in [0, 0.1) is 13.8 Å². The number of rotatable bonds is 6. The van der Waals surface area contributed by atoms with Gasteiger partial charge in [-0.3, -0.25) is 4.79 Å². The van der Waals surface area contributed by atoms with Gasteiger partial charge in [-0.15, -0.1) is 0 Å².